The maximum absolute atomic E-state index is 12.1. The summed E-state index contributed by atoms with van der Waals surface area (Å²) in [5.41, 5.74) is 0.300. The molecule has 1 aromatic heterocycles. The SMILES string of the molecule is O=C(Nc1ccc(C(=O)O)s1)c1cc(Cl)c2c(c1)OCO2. The summed E-state index contributed by atoms with van der Waals surface area (Å²) in [4.78, 5) is 23.1. The molecule has 2 heterocycles. The van der Waals surface area contributed by atoms with Crippen molar-refractivity contribution < 1.29 is 24.2 Å². The van der Waals surface area contributed by atoms with E-state index in [2.05, 4.69) is 5.32 Å². The molecule has 0 unspecified atom stereocenters. The molecule has 1 aliphatic heterocycles. The van der Waals surface area contributed by atoms with Crippen molar-refractivity contribution in [3.63, 3.8) is 0 Å². The summed E-state index contributed by atoms with van der Waals surface area (Å²) in [5, 5.41) is 12.2. The van der Waals surface area contributed by atoms with Crippen LogP contribution in [0, 0.1) is 0 Å². The standard InChI is InChI=1S/C13H8ClNO5S/c14-7-3-6(4-8-11(7)20-5-19-8)12(16)15-10-2-1-9(21-10)13(17)18/h1-4H,5H2,(H,15,16)(H,17,18). The molecule has 0 saturated carbocycles. The number of halogens is 1. The summed E-state index contributed by atoms with van der Waals surface area (Å²) < 4.78 is 10.4. The molecule has 0 fully saturated rings. The number of fused-ring (bicyclic) bond motifs is 1. The molecule has 6 nitrogen and oxygen atoms in total. The van der Waals surface area contributed by atoms with Gasteiger partial charge in [0.1, 0.15) is 4.88 Å². The van der Waals surface area contributed by atoms with Crippen molar-refractivity contribution in [2.45, 2.75) is 0 Å². The van der Waals surface area contributed by atoms with Crippen LogP contribution in [0.5, 0.6) is 11.5 Å². The fraction of sp³-hybridized carbons (Fsp3) is 0.0769. The summed E-state index contributed by atoms with van der Waals surface area (Å²) >= 11 is 6.98. The quantitative estimate of drug-likeness (QED) is 0.905. The van der Waals surface area contributed by atoms with Crippen molar-refractivity contribution in [1.82, 2.24) is 0 Å². The Morgan fingerprint density at radius 1 is 1.29 bits per heavy atom. The molecule has 108 valence electrons. The van der Waals surface area contributed by atoms with Gasteiger partial charge in [-0.3, -0.25) is 4.79 Å². The lowest BCUT2D eigenvalue weighted by Gasteiger charge is -2.05. The number of thiophene rings is 1. The van der Waals surface area contributed by atoms with Crippen LogP contribution in [-0.4, -0.2) is 23.8 Å². The zero-order valence-corrected chi connectivity index (χ0v) is 12.0. The van der Waals surface area contributed by atoms with E-state index in [-0.39, 0.29) is 16.7 Å². The highest BCUT2D eigenvalue weighted by molar-refractivity contribution is 7.18. The molecule has 0 atom stereocenters. The van der Waals surface area contributed by atoms with E-state index in [9.17, 15) is 9.59 Å². The summed E-state index contributed by atoms with van der Waals surface area (Å²) in [5.74, 6) is -0.622. The molecule has 0 radical (unpaired) electrons. The lowest BCUT2D eigenvalue weighted by atomic mass is 10.2. The second kappa shape index (κ2) is 5.27. The Morgan fingerprint density at radius 3 is 2.81 bits per heavy atom. The van der Waals surface area contributed by atoms with E-state index in [0.29, 0.717) is 22.1 Å². The van der Waals surface area contributed by atoms with Crippen LogP contribution in [0.2, 0.25) is 5.02 Å². The van der Waals surface area contributed by atoms with Crippen LogP contribution < -0.4 is 14.8 Å². The van der Waals surface area contributed by atoms with Gasteiger partial charge in [-0.2, -0.15) is 0 Å². The zero-order valence-electron chi connectivity index (χ0n) is 10.4. The maximum Gasteiger partial charge on any atom is 0.345 e. The topological polar surface area (TPSA) is 84.9 Å². The fourth-order valence-electron chi connectivity index (χ4n) is 1.80. The van der Waals surface area contributed by atoms with E-state index in [4.69, 9.17) is 26.2 Å². The van der Waals surface area contributed by atoms with Crippen LogP contribution in [0.3, 0.4) is 0 Å². The summed E-state index contributed by atoms with van der Waals surface area (Å²) in [6, 6.07) is 5.95. The fourth-order valence-corrected chi connectivity index (χ4v) is 2.81. The molecule has 1 aromatic carbocycles. The van der Waals surface area contributed by atoms with Gasteiger partial charge in [-0.15, -0.1) is 11.3 Å². The molecule has 0 aliphatic carbocycles. The Hall–Kier alpha value is -2.25. The van der Waals surface area contributed by atoms with E-state index >= 15 is 0 Å². The number of anilines is 1. The molecule has 0 saturated heterocycles. The number of ether oxygens (including phenoxy) is 2. The van der Waals surface area contributed by atoms with Gasteiger partial charge in [-0.1, -0.05) is 11.6 Å². The predicted octanol–water partition coefficient (Wildman–Crippen LogP) is 3.08. The molecular weight excluding hydrogens is 318 g/mol. The van der Waals surface area contributed by atoms with Gasteiger partial charge in [0, 0.05) is 5.56 Å². The normalized spacial score (nSPS) is 12.2. The molecular formula is C13H8ClNO5S. The number of amides is 1. The third-order valence-electron chi connectivity index (χ3n) is 2.74. The van der Waals surface area contributed by atoms with E-state index in [1.54, 1.807) is 0 Å². The third-order valence-corrected chi connectivity index (χ3v) is 4.01. The van der Waals surface area contributed by atoms with Crippen molar-refractivity contribution in [3.05, 3.63) is 39.7 Å². The molecule has 0 bridgehead atoms. The number of hydrogen-bond donors (Lipinski definition) is 2. The van der Waals surface area contributed by atoms with Crippen LogP contribution in [0.4, 0.5) is 5.00 Å². The number of carboxylic acid groups (broad SMARTS) is 1. The van der Waals surface area contributed by atoms with Crippen molar-refractivity contribution in [1.29, 1.82) is 0 Å². The molecule has 1 aliphatic rings. The van der Waals surface area contributed by atoms with Crippen molar-refractivity contribution in [2.75, 3.05) is 12.1 Å². The van der Waals surface area contributed by atoms with Crippen LogP contribution in [0.1, 0.15) is 20.0 Å². The average Bonchev–Trinajstić information content (AvgIpc) is 3.07. The Bertz CT molecular complexity index is 742. The van der Waals surface area contributed by atoms with Gasteiger partial charge in [0.05, 0.1) is 10.0 Å². The van der Waals surface area contributed by atoms with E-state index < -0.39 is 11.9 Å². The highest BCUT2D eigenvalue weighted by Crippen LogP contribution is 2.40. The average molecular weight is 326 g/mol. The highest BCUT2D eigenvalue weighted by atomic mass is 35.5. The second-order valence-electron chi connectivity index (χ2n) is 4.12. The molecule has 8 heteroatoms. The predicted molar refractivity (Wildman–Crippen MR) is 76.8 cm³/mol. The Kier molecular flexibility index (Phi) is 3.44. The minimum atomic E-state index is -1.04. The first-order chi connectivity index (χ1) is 10.0. The van der Waals surface area contributed by atoms with Crippen LogP contribution >= 0.6 is 22.9 Å². The van der Waals surface area contributed by atoms with Gasteiger partial charge in [0.25, 0.3) is 5.91 Å². The van der Waals surface area contributed by atoms with Crippen molar-refractivity contribution in [3.8, 4) is 11.5 Å². The van der Waals surface area contributed by atoms with Gasteiger partial charge >= 0.3 is 5.97 Å². The molecule has 1 amide bonds. The van der Waals surface area contributed by atoms with Crippen molar-refractivity contribution >= 4 is 39.8 Å². The van der Waals surface area contributed by atoms with Gasteiger partial charge < -0.3 is 19.9 Å². The lowest BCUT2D eigenvalue weighted by molar-refractivity contribution is 0.0702. The second-order valence-corrected chi connectivity index (χ2v) is 5.61. The number of hydrogen-bond acceptors (Lipinski definition) is 5. The van der Waals surface area contributed by atoms with Gasteiger partial charge in [-0.05, 0) is 24.3 Å². The van der Waals surface area contributed by atoms with E-state index in [1.165, 1.54) is 24.3 Å². The Balaban J connectivity index is 1.82. The van der Waals surface area contributed by atoms with Crippen LogP contribution in [-0.2, 0) is 0 Å². The summed E-state index contributed by atoms with van der Waals surface area (Å²) in [6.45, 7) is 0.0625. The third kappa shape index (κ3) is 2.65. The molecule has 2 N–H and O–H groups in total. The zero-order chi connectivity index (χ0) is 15.0. The number of carbonyl (C=O) groups is 2. The minimum absolute atomic E-state index is 0.0625. The monoisotopic (exact) mass is 325 g/mol. The number of nitrogens with one attached hydrogen (secondary N) is 1. The molecule has 3 rings (SSSR count). The lowest BCUT2D eigenvalue weighted by Crippen LogP contribution is -2.10. The molecule has 21 heavy (non-hydrogen) atoms. The van der Waals surface area contributed by atoms with Crippen LogP contribution in [0.25, 0.3) is 0 Å². The van der Waals surface area contributed by atoms with Crippen LogP contribution in [0.15, 0.2) is 24.3 Å². The first-order valence-corrected chi connectivity index (χ1v) is 6.97. The number of aromatic carboxylic acids is 1. The number of carboxylic acids is 1. The van der Waals surface area contributed by atoms with Gasteiger partial charge in [-0.25, -0.2) is 4.79 Å². The summed E-state index contributed by atoms with van der Waals surface area (Å²) in [6.07, 6.45) is 0. The smallest absolute Gasteiger partial charge is 0.345 e. The van der Waals surface area contributed by atoms with Crippen molar-refractivity contribution in [2.24, 2.45) is 0 Å². The maximum atomic E-state index is 12.1. The van der Waals surface area contributed by atoms with Gasteiger partial charge in [0.15, 0.2) is 11.5 Å². The number of rotatable bonds is 3. The molecule has 2 aromatic rings. The highest BCUT2D eigenvalue weighted by Gasteiger charge is 2.21. The first kappa shape index (κ1) is 13.7. The Morgan fingerprint density at radius 2 is 2.10 bits per heavy atom. The minimum Gasteiger partial charge on any atom is -0.477 e. The van der Waals surface area contributed by atoms with E-state index in [0.717, 1.165) is 11.3 Å². The number of carbonyl (C=O) groups excluding carboxylic acids is 1. The molecule has 0 spiro atoms. The Labute approximate surface area is 127 Å². The largest absolute Gasteiger partial charge is 0.477 e. The van der Waals surface area contributed by atoms with Gasteiger partial charge in [0.2, 0.25) is 6.79 Å². The van der Waals surface area contributed by atoms with E-state index in [1.807, 2.05) is 0 Å². The summed E-state index contributed by atoms with van der Waals surface area (Å²) in [7, 11) is 0. The first-order valence-electron chi connectivity index (χ1n) is 5.78. The number of benzene rings is 1.